The first kappa shape index (κ1) is 18.6. The maximum atomic E-state index is 13.2. The number of fused-ring (bicyclic) bond motifs is 6. The van der Waals surface area contributed by atoms with E-state index in [0.29, 0.717) is 6.04 Å². The number of hydrogen-bond acceptors (Lipinski definition) is 4. The minimum absolute atomic E-state index is 0.0705. The number of ether oxygens (including phenoxy) is 1. The van der Waals surface area contributed by atoms with Crippen LogP contribution in [0.15, 0.2) is 52.3 Å². The fourth-order valence-electron chi connectivity index (χ4n) is 4.70. The lowest BCUT2D eigenvalue weighted by atomic mass is 9.99. The molecule has 0 aliphatic carbocycles. The van der Waals surface area contributed by atoms with Crippen LogP contribution in [0.25, 0.3) is 10.9 Å². The lowest BCUT2D eigenvalue weighted by Crippen LogP contribution is -2.32. The van der Waals surface area contributed by atoms with Crippen LogP contribution in [0.5, 0.6) is 5.75 Å². The number of aryl methyl sites for hydroxylation is 1. The first-order valence-corrected chi connectivity index (χ1v) is 11.0. The van der Waals surface area contributed by atoms with Gasteiger partial charge in [0.05, 0.1) is 9.79 Å². The standard InChI is InChI=1S/C21H20F2N2O3S/c1-25-18-8-6-15(11-16(18)20-17-7-5-12(24-17)9-19(20)25)29(26,27)14-4-2-3-13(10-14)28-21(22)23/h2-4,6,8,10-12,17,21,24H,5,7,9H2,1H3. The van der Waals surface area contributed by atoms with Crippen LogP contribution in [0.4, 0.5) is 8.78 Å². The molecule has 8 heteroatoms. The zero-order valence-corrected chi connectivity index (χ0v) is 16.5. The Kier molecular flexibility index (Phi) is 4.18. The normalized spacial score (nSPS) is 21.0. The second kappa shape index (κ2) is 6.53. The summed E-state index contributed by atoms with van der Waals surface area (Å²) in [5.74, 6) is -0.180. The predicted molar refractivity (Wildman–Crippen MR) is 104 cm³/mol. The number of halogens is 2. The molecule has 1 fully saturated rings. The number of hydrogen-bond donors (Lipinski definition) is 1. The van der Waals surface area contributed by atoms with E-state index in [2.05, 4.69) is 14.6 Å². The van der Waals surface area contributed by atoms with E-state index in [-0.39, 0.29) is 21.6 Å². The van der Waals surface area contributed by atoms with Gasteiger partial charge in [-0.1, -0.05) is 6.07 Å². The first-order valence-electron chi connectivity index (χ1n) is 9.52. The van der Waals surface area contributed by atoms with Crippen molar-refractivity contribution in [3.05, 3.63) is 53.7 Å². The highest BCUT2D eigenvalue weighted by molar-refractivity contribution is 7.91. The van der Waals surface area contributed by atoms with Gasteiger partial charge in [0, 0.05) is 42.1 Å². The van der Waals surface area contributed by atoms with Crippen LogP contribution in [0.1, 0.15) is 30.1 Å². The number of nitrogens with zero attached hydrogens (tertiary/aromatic N) is 1. The predicted octanol–water partition coefficient (Wildman–Crippen LogP) is 3.96. The van der Waals surface area contributed by atoms with E-state index >= 15 is 0 Å². The molecule has 0 spiro atoms. The summed E-state index contributed by atoms with van der Waals surface area (Å²) >= 11 is 0. The van der Waals surface area contributed by atoms with Crippen molar-refractivity contribution < 1.29 is 21.9 Å². The zero-order chi connectivity index (χ0) is 20.3. The first-order chi connectivity index (χ1) is 13.8. The second-order valence-electron chi connectivity index (χ2n) is 7.65. The summed E-state index contributed by atoms with van der Waals surface area (Å²) < 4.78 is 57.9. The van der Waals surface area contributed by atoms with Gasteiger partial charge >= 0.3 is 6.61 Å². The summed E-state index contributed by atoms with van der Waals surface area (Å²) in [6.45, 7) is -3.01. The number of nitrogens with one attached hydrogen (secondary N) is 1. The van der Waals surface area contributed by atoms with Crippen LogP contribution >= 0.6 is 0 Å². The van der Waals surface area contributed by atoms with Crippen molar-refractivity contribution in [1.82, 2.24) is 9.88 Å². The molecule has 1 saturated heterocycles. The molecule has 152 valence electrons. The monoisotopic (exact) mass is 418 g/mol. The maximum absolute atomic E-state index is 13.2. The largest absolute Gasteiger partial charge is 0.435 e. The summed E-state index contributed by atoms with van der Waals surface area (Å²) in [4.78, 5) is 0.0755. The Labute approximate surface area is 167 Å². The zero-order valence-electron chi connectivity index (χ0n) is 15.7. The van der Waals surface area contributed by atoms with Gasteiger partial charge in [0.1, 0.15) is 5.75 Å². The van der Waals surface area contributed by atoms with E-state index < -0.39 is 16.4 Å². The van der Waals surface area contributed by atoms with Crippen LogP contribution in [-0.2, 0) is 23.3 Å². The molecule has 5 rings (SSSR count). The molecule has 3 heterocycles. The van der Waals surface area contributed by atoms with Crippen molar-refractivity contribution in [2.75, 3.05) is 0 Å². The van der Waals surface area contributed by atoms with Crippen molar-refractivity contribution in [3.63, 3.8) is 0 Å². The number of benzene rings is 2. The van der Waals surface area contributed by atoms with Gasteiger partial charge in [0.25, 0.3) is 0 Å². The molecule has 5 nitrogen and oxygen atoms in total. The lowest BCUT2D eigenvalue weighted by molar-refractivity contribution is -0.0499. The summed E-state index contributed by atoms with van der Waals surface area (Å²) in [5, 5.41) is 4.55. The highest BCUT2D eigenvalue weighted by Gasteiger charge is 2.36. The second-order valence-corrected chi connectivity index (χ2v) is 9.60. The molecule has 2 aromatic carbocycles. The molecule has 0 amide bonds. The minimum atomic E-state index is -3.87. The molecule has 29 heavy (non-hydrogen) atoms. The van der Waals surface area contributed by atoms with Crippen molar-refractivity contribution in [2.24, 2.45) is 7.05 Å². The van der Waals surface area contributed by atoms with Crippen LogP contribution in [-0.4, -0.2) is 25.6 Å². The Hall–Kier alpha value is -2.45. The van der Waals surface area contributed by atoms with Gasteiger partial charge in [0.2, 0.25) is 9.84 Å². The molecule has 1 aromatic heterocycles. The van der Waals surface area contributed by atoms with Crippen LogP contribution < -0.4 is 10.1 Å². The van der Waals surface area contributed by atoms with Gasteiger partial charge < -0.3 is 14.6 Å². The van der Waals surface area contributed by atoms with E-state index in [4.69, 9.17) is 0 Å². The summed E-state index contributed by atoms with van der Waals surface area (Å²) in [6.07, 6.45) is 3.10. The Morgan fingerprint density at radius 1 is 1.14 bits per heavy atom. The highest BCUT2D eigenvalue weighted by atomic mass is 32.2. The molecular formula is C21H20F2N2O3S. The third-order valence-electron chi connectivity index (χ3n) is 6.02. The Balaban J connectivity index is 1.62. The Bertz CT molecular complexity index is 1220. The molecule has 2 aliphatic heterocycles. The SMILES string of the molecule is Cn1c2c(c3cc(S(=O)(=O)c4cccc(OC(F)F)c4)ccc31)C1CCC(C2)N1. The number of aromatic nitrogens is 1. The van der Waals surface area contributed by atoms with Gasteiger partial charge in [-0.2, -0.15) is 8.78 Å². The fraction of sp³-hybridized carbons (Fsp3) is 0.333. The van der Waals surface area contributed by atoms with E-state index in [1.165, 1.54) is 29.5 Å². The molecule has 2 aliphatic rings. The summed E-state index contributed by atoms with van der Waals surface area (Å²) in [6, 6.07) is 11.1. The fourth-order valence-corrected chi connectivity index (χ4v) is 6.02. The molecule has 3 aromatic rings. The van der Waals surface area contributed by atoms with Crippen LogP contribution in [0.2, 0.25) is 0 Å². The van der Waals surface area contributed by atoms with Crippen molar-refractivity contribution in [2.45, 2.75) is 47.7 Å². The maximum Gasteiger partial charge on any atom is 0.387 e. The van der Waals surface area contributed by atoms with E-state index in [0.717, 1.165) is 36.2 Å². The smallest absolute Gasteiger partial charge is 0.387 e. The van der Waals surface area contributed by atoms with Crippen molar-refractivity contribution in [3.8, 4) is 5.75 Å². The topological polar surface area (TPSA) is 60.3 Å². The molecule has 1 N–H and O–H groups in total. The lowest BCUT2D eigenvalue weighted by Gasteiger charge is -2.23. The average molecular weight is 418 g/mol. The molecule has 0 radical (unpaired) electrons. The van der Waals surface area contributed by atoms with E-state index in [1.807, 2.05) is 13.1 Å². The van der Waals surface area contributed by atoms with Gasteiger partial charge in [0.15, 0.2) is 0 Å². The van der Waals surface area contributed by atoms with Crippen LogP contribution in [0, 0.1) is 0 Å². The van der Waals surface area contributed by atoms with Gasteiger partial charge in [-0.25, -0.2) is 8.42 Å². The number of rotatable bonds is 4. The minimum Gasteiger partial charge on any atom is -0.435 e. The molecule has 0 saturated carbocycles. The van der Waals surface area contributed by atoms with Crippen molar-refractivity contribution >= 4 is 20.7 Å². The quantitative estimate of drug-likeness (QED) is 0.697. The van der Waals surface area contributed by atoms with Gasteiger partial charge in [-0.15, -0.1) is 0 Å². The Morgan fingerprint density at radius 3 is 2.72 bits per heavy atom. The number of sulfone groups is 1. The molecule has 2 bridgehead atoms. The third kappa shape index (κ3) is 2.93. The average Bonchev–Trinajstić information content (AvgIpc) is 3.20. The molecular weight excluding hydrogens is 398 g/mol. The third-order valence-corrected chi connectivity index (χ3v) is 7.76. The van der Waals surface area contributed by atoms with Gasteiger partial charge in [-0.3, -0.25) is 0 Å². The molecule has 2 unspecified atom stereocenters. The van der Waals surface area contributed by atoms with Gasteiger partial charge in [-0.05, 0) is 54.8 Å². The van der Waals surface area contributed by atoms with Crippen molar-refractivity contribution in [1.29, 1.82) is 0 Å². The number of alkyl halides is 2. The summed E-state index contributed by atoms with van der Waals surface area (Å²) in [5.41, 5.74) is 3.44. The summed E-state index contributed by atoms with van der Waals surface area (Å²) in [7, 11) is -1.86. The Morgan fingerprint density at radius 2 is 1.93 bits per heavy atom. The molecule has 2 atom stereocenters. The van der Waals surface area contributed by atoms with Crippen LogP contribution in [0.3, 0.4) is 0 Å². The van der Waals surface area contributed by atoms with E-state index in [1.54, 1.807) is 12.1 Å². The highest BCUT2D eigenvalue weighted by Crippen LogP contribution is 2.42. The van der Waals surface area contributed by atoms with E-state index in [9.17, 15) is 17.2 Å².